The highest BCUT2D eigenvalue weighted by Gasteiger charge is 2.32. The maximum Gasteiger partial charge on any atom is 0.229 e. The molecule has 3 aromatic rings. The Morgan fingerprint density at radius 1 is 1.21 bits per heavy atom. The van der Waals surface area contributed by atoms with E-state index in [2.05, 4.69) is 50.2 Å². The van der Waals surface area contributed by atoms with Crippen molar-refractivity contribution in [3.63, 3.8) is 0 Å². The van der Waals surface area contributed by atoms with Crippen LogP contribution in [0.4, 0.5) is 5.82 Å². The van der Waals surface area contributed by atoms with Crippen LogP contribution in [0.2, 0.25) is 0 Å². The Hall–Kier alpha value is -2.25. The topological polar surface area (TPSA) is 77.5 Å². The summed E-state index contributed by atoms with van der Waals surface area (Å²) in [5, 5.41) is 4.45. The average molecular weight is 399 g/mol. The summed E-state index contributed by atoms with van der Waals surface area (Å²) in [7, 11) is 4.33. The SMILES string of the molecule is CCCc1nc2oc3c(NCCC[NH+](C)C)ncnc3c2c2c1COC(C)(C)C2. The first-order valence-electron chi connectivity index (χ1n) is 10.6. The highest BCUT2D eigenvalue weighted by molar-refractivity contribution is 6.06. The molecule has 0 saturated carbocycles. The molecule has 0 aromatic carbocycles. The third-order valence-corrected chi connectivity index (χ3v) is 5.55. The number of aryl methyl sites for hydroxylation is 1. The van der Waals surface area contributed by atoms with Gasteiger partial charge in [0.05, 0.1) is 43.9 Å². The van der Waals surface area contributed by atoms with Crippen LogP contribution in [-0.4, -0.2) is 47.7 Å². The minimum Gasteiger partial charge on any atom is -0.432 e. The van der Waals surface area contributed by atoms with E-state index in [9.17, 15) is 0 Å². The molecule has 2 N–H and O–H groups in total. The number of furan rings is 1. The lowest BCUT2D eigenvalue weighted by Crippen LogP contribution is -3.05. The molecule has 1 aliphatic rings. The van der Waals surface area contributed by atoms with Crippen molar-refractivity contribution in [3.8, 4) is 0 Å². The van der Waals surface area contributed by atoms with E-state index in [-0.39, 0.29) is 5.60 Å². The van der Waals surface area contributed by atoms with Gasteiger partial charge in [-0.25, -0.2) is 15.0 Å². The first-order valence-corrected chi connectivity index (χ1v) is 10.6. The second-order valence-corrected chi connectivity index (χ2v) is 8.91. The van der Waals surface area contributed by atoms with Crippen LogP contribution in [0.25, 0.3) is 22.2 Å². The zero-order valence-electron chi connectivity index (χ0n) is 18.2. The van der Waals surface area contributed by atoms with Crippen molar-refractivity contribution in [2.24, 2.45) is 0 Å². The van der Waals surface area contributed by atoms with Crippen molar-refractivity contribution in [1.82, 2.24) is 15.0 Å². The maximum atomic E-state index is 6.24. The molecule has 0 radical (unpaired) electrons. The van der Waals surface area contributed by atoms with E-state index in [0.29, 0.717) is 17.9 Å². The summed E-state index contributed by atoms with van der Waals surface area (Å²) in [5.74, 6) is 0.749. The number of nitrogens with zero attached hydrogens (tertiary/aromatic N) is 3. The number of nitrogens with one attached hydrogen (secondary N) is 2. The number of fused-ring (bicyclic) bond motifs is 5. The first kappa shape index (κ1) is 20.0. The van der Waals surface area contributed by atoms with Gasteiger partial charge in [0, 0.05) is 24.9 Å². The van der Waals surface area contributed by atoms with Gasteiger partial charge in [0.15, 0.2) is 11.4 Å². The summed E-state index contributed by atoms with van der Waals surface area (Å²) in [6.07, 6.45) is 5.46. The molecule has 1 aliphatic heterocycles. The lowest BCUT2D eigenvalue weighted by Gasteiger charge is -2.33. The van der Waals surface area contributed by atoms with Gasteiger partial charge in [-0.15, -0.1) is 0 Å². The molecule has 0 unspecified atom stereocenters. The fourth-order valence-electron chi connectivity index (χ4n) is 4.09. The molecule has 7 heteroatoms. The summed E-state index contributed by atoms with van der Waals surface area (Å²) in [6.45, 7) is 8.99. The fraction of sp³-hybridized carbons (Fsp3) is 0.591. The molecule has 29 heavy (non-hydrogen) atoms. The number of rotatable bonds is 7. The third-order valence-electron chi connectivity index (χ3n) is 5.55. The zero-order valence-corrected chi connectivity index (χ0v) is 18.2. The minimum atomic E-state index is -0.211. The van der Waals surface area contributed by atoms with E-state index in [1.807, 2.05) is 0 Å². The number of aromatic nitrogens is 3. The van der Waals surface area contributed by atoms with Crippen LogP contribution in [0, 0.1) is 0 Å². The normalized spacial score (nSPS) is 15.9. The van der Waals surface area contributed by atoms with Gasteiger partial charge in [0.2, 0.25) is 5.71 Å². The third kappa shape index (κ3) is 3.94. The van der Waals surface area contributed by atoms with Crippen LogP contribution in [-0.2, 0) is 24.2 Å². The van der Waals surface area contributed by atoms with Gasteiger partial charge < -0.3 is 19.4 Å². The molecule has 0 saturated heterocycles. The Morgan fingerprint density at radius 2 is 2.03 bits per heavy atom. The van der Waals surface area contributed by atoms with E-state index in [1.165, 1.54) is 16.0 Å². The van der Waals surface area contributed by atoms with Crippen LogP contribution < -0.4 is 10.2 Å². The second kappa shape index (κ2) is 7.88. The van der Waals surface area contributed by atoms with Gasteiger partial charge in [0.1, 0.15) is 11.8 Å². The van der Waals surface area contributed by atoms with Crippen LogP contribution in [0.3, 0.4) is 0 Å². The Balaban J connectivity index is 1.81. The largest absolute Gasteiger partial charge is 0.432 e. The Bertz CT molecular complexity index is 1030. The summed E-state index contributed by atoms with van der Waals surface area (Å²) >= 11 is 0. The first-order chi connectivity index (χ1) is 13.9. The molecule has 0 spiro atoms. The molecule has 7 nitrogen and oxygen atoms in total. The van der Waals surface area contributed by atoms with Gasteiger partial charge >= 0.3 is 0 Å². The van der Waals surface area contributed by atoms with Crippen molar-refractivity contribution in [2.45, 2.75) is 58.7 Å². The van der Waals surface area contributed by atoms with E-state index < -0.39 is 0 Å². The molecule has 4 rings (SSSR count). The van der Waals surface area contributed by atoms with Crippen LogP contribution in [0.5, 0.6) is 0 Å². The van der Waals surface area contributed by atoms with Crippen LogP contribution >= 0.6 is 0 Å². The van der Waals surface area contributed by atoms with E-state index >= 15 is 0 Å². The summed E-state index contributed by atoms with van der Waals surface area (Å²) in [6, 6.07) is 0. The predicted octanol–water partition coefficient (Wildman–Crippen LogP) is 2.52. The number of ether oxygens (including phenoxy) is 1. The van der Waals surface area contributed by atoms with Crippen molar-refractivity contribution in [3.05, 3.63) is 23.1 Å². The van der Waals surface area contributed by atoms with Crippen molar-refractivity contribution in [1.29, 1.82) is 0 Å². The molecular formula is C22H32N5O2+. The predicted molar refractivity (Wildman–Crippen MR) is 114 cm³/mol. The fourth-order valence-corrected chi connectivity index (χ4v) is 4.09. The molecule has 156 valence electrons. The molecule has 0 aliphatic carbocycles. The van der Waals surface area contributed by atoms with Gasteiger partial charge in [-0.2, -0.15) is 0 Å². The van der Waals surface area contributed by atoms with E-state index in [1.54, 1.807) is 6.33 Å². The molecule has 3 aromatic heterocycles. The molecular weight excluding hydrogens is 366 g/mol. The van der Waals surface area contributed by atoms with E-state index in [4.69, 9.17) is 14.1 Å². The monoisotopic (exact) mass is 398 g/mol. The van der Waals surface area contributed by atoms with Gasteiger partial charge in [-0.1, -0.05) is 13.3 Å². The van der Waals surface area contributed by atoms with Gasteiger partial charge in [-0.3, -0.25) is 0 Å². The maximum absolute atomic E-state index is 6.24. The second-order valence-electron chi connectivity index (χ2n) is 8.91. The number of anilines is 1. The summed E-state index contributed by atoms with van der Waals surface area (Å²) in [5.41, 5.74) is 5.57. The molecule has 0 fully saturated rings. The van der Waals surface area contributed by atoms with Crippen LogP contribution in [0.1, 0.15) is 50.4 Å². The number of pyridine rings is 1. The Kier molecular flexibility index (Phi) is 5.44. The highest BCUT2D eigenvalue weighted by atomic mass is 16.5. The highest BCUT2D eigenvalue weighted by Crippen LogP contribution is 2.39. The average Bonchev–Trinajstić information content (AvgIpc) is 3.03. The molecule has 0 amide bonds. The number of quaternary nitrogens is 1. The Labute approximate surface area is 171 Å². The lowest BCUT2D eigenvalue weighted by molar-refractivity contribution is -0.858. The molecule has 0 atom stereocenters. The molecule has 0 bridgehead atoms. The van der Waals surface area contributed by atoms with Gasteiger partial charge in [-0.05, 0) is 25.8 Å². The van der Waals surface area contributed by atoms with Crippen molar-refractivity contribution < 1.29 is 14.1 Å². The van der Waals surface area contributed by atoms with Crippen molar-refractivity contribution >= 4 is 28.0 Å². The van der Waals surface area contributed by atoms with Gasteiger partial charge in [0.25, 0.3) is 0 Å². The number of hydrogen-bond acceptors (Lipinski definition) is 6. The van der Waals surface area contributed by atoms with Crippen molar-refractivity contribution in [2.75, 3.05) is 32.5 Å². The zero-order chi connectivity index (χ0) is 20.6. The standard InChI is InChI=1S/C22H31N5O2/c1-6-8-16-15-12-28-22(2,3)11-14(15)17-18-19(29-21(17)26-16)20(25-13-24-18)23-9-7-10-27(4)5/h13H,6-12H2,1-5H3,(H,23,24,25)/p+1. The minimum absolute atomic E-state index is 0.211. The number of hydrogen-bond donors (Lipinski definition) is 2. The van der Waals surface area contributed by atoms with Crippen LogP contribution in [0.15, 0.2) is 10.7 Å². The van der Waals surface area contributed by atoms with E-state index in [0.717, 1.165) is 61.2 Å². The summed E-state index contributed by atoms with van der Waals surface area (Å²) in [4.78, 5) is 15.3. The smallest absolute Gasteiger partial charge is 0.229 e. The molecule has 4 heterocycles. The Morgan fingerprint density at radius 3 is 2.79 bits per heavy atom. The lowest BCUT2D eigenvalue weighted by atomic mass is 9.88. The summed E-state index contributed by atoms with van der Waals surface area (Å²) < 4.78 is 12.3. The quantitative estimate of drug-likeness (QED) is 0.596.